The number of hydrogen-bond donors (Lipinski definition) is 3. The average molecular weight is 399 g/mol. The van der Waals surface area contributed by atoms with Gasteiger partial charge in [0.05, 0.1) is 0 Å². The van der Waals surface area contributed by atoms with Crippen LogP contribution in [0, 0.1) is 5.92 Å². The van der Waals surface area contributed by atoms with Crippen LogP contribution in [0.1, 0.15) is 32.8 Å². The van der Waals surface area contributed by atoms with Crippen LogP contribution in [0.5, 0.6) is 0 Å². The van der Waals surface area contributed by atoms with E-state index in [1.165, 1.54) is 6.92 Å². The first-order chi connectivity index (χ1) is 11.2. The Balaban J connectivity index is 2.80. The summed E-state index contributed by atoms with van der Waals surface area (Å²) in [4.78, 5) is 35.1. The molecule has 6 nitrogen and oxygen atoms in total. The predicted molar refractivity (Wildman–Crippen MR) is 94.5 cm³/mol. The molecular formula is C17H23BrN2O4. The minimum absolute atomic E-state index is 0.169. The summed E-state index contributed by atoms with van der Waals surface area (Å²) in [6.07, 6.45) is 0.610. The summed E-state index contributed by atoms with van der Waals surface area (Å²) in [6, 6.07) is 5.43. The fourth-order valence-electron chi connectivity index (χ4n) is 2.28. The van der Waals surface area contributed by atoms with Crippen LogP contribution in [-0.4, -0.2) is 35.0 Å². The van der Waals surface area contributed by atoms with Crippen LogP contribution in [0.3, 0.4) is 0 Å². The van der Waals surface area contributed by atoms with Crippen molar-refractivity contribution in [3.8, 4) is 0 Å². The number of halogens is 1. The number of carboxylic acid groups (broad SMARTS) is 1. The smallest absolute Gasteiger partial charge is 0.326 e. The Bertz CT molecular complexity index is 587. The van der Waals surface area contributed by atoms with Gasteiger partial charge < -0.3 is 15.7 Å². The zero-order valence-electron chi connectivity index (χ0n) is 14.0. The van der Waals surface area contributed by atoms with Gasteiger partial charge in [-0.15, -0.1) is 0 Å². The molecule has 7 heteroatoms. The second-order valence-corrected chi connectivity index (χ2v) is 7.03. The molecule has 0 aliphatic heterocycles. The van der Waals surface area contributed by atoms with Crippen molar-refractivity contribution in [3.05, 3.63) is 34.3 Å². The third kappa shape index (κ3) is 7.12. The predicted octanol–water partition coefficient (Wildman–Crippen LogP) is 2.11. The molecule has 0 heterocycles. The molecule has 132 valence electrons. The summed E-state index contributed by atoms with van der Waals surface area (Å²) in [6.45, 7) is 5.19. The van der Waals surface area contributed by atoms with E-state index in [4.69, 9.17) is 0 Å². The summed E-state index contributed by atoms with van der Waals surface area (Å²) < 4.78 is 0.893. The number of hydrogen-bond acceptors (Lipinski definition) is 3. The second-order valence-electron chi connectivity index (χ2n) is 6.11. The zero-order valence-corrected chi connectivity index (χ0v) is 15.6. The molecule has 2 amide bonds. The molecule has 0 fully saturated rings. The van der Waals surface area contributed by atoms with E-state index in [0.29, 0.717) is 6.42 Å². The molecule has 0 unspecified atom stereocenters. The highest BCUT2D eigenvalue weighted by molar-refractivity contribution is 9.10. The first kappa shape index (κ1) is 20.2. The molecule has 1 rings (SSSR count). The van der Waals surface area contributed by atoms with Crippen molar-refractivity contribution >= 4 is 33.7 Å². The first-order valence-electron chi connectivity index (χ1n) is 7.73. The van der Waals surface area contributed by atoms with Crippen molar-refractivity contribution in [1.29, 1.82) is 0 Å². The Kier molecular flexibility index (Phi) is 7.91. The second kappa shape index (κ2) is 9.42. The minimum atomic E-state index is -1.11. The molecule has 0 aliphatic rings. The van der Waals surface area contributed by atoms with Crippen molar-refractivity contribution < 1.29 is 19.5 Å². The quantitative estimate of drug-likeness (QED) is 0.624. The number of aliphatic carboxylic acids is 1. The van der Waals surface area contributed by atoms with Gasteiger partial charge >= 0.3 is 5.97 Å². The van der Waals surface area contributed by atoms with Gasteiger partial charge in [0.25, 0.3) is 0 Å². The normalized spacial score (nSPS) is 13.2. The lowest BCUT2D eigenvalue weighted by atomic mass is 10.0. The van der Waals surface area contributed by atoms with E-state index in [-0.39, 0.29) is 18.2 Å². The lowest BCUT2D eigenvalue weighted by Crippen LogP contribution is -2.52. The fraction of sp³-hybridized carbons (Fsp3) is 0.471. The van der Waals surface area contributed by atoms with E-state index in [1.54, 1.807) is 12.1 Å². The number of nitrogens with one attached hydrogen (secondary N) is 2. The van der Waals surface area contributed by atoms with Crippen LogP contribution in [0.15, 0.2) is 28.7 Å². The van der Waals surface area contributed by atoms with Crippen LogP contribution in [0.4, 0.5) is 0 Å². The van der Waals surface area contributed by atoms with Gasteiger partial charge in [0.15, 0.2) is 0 Å². The average Bonchev–Trinajstić information content (AvgIpc) is 2.46. The number of benzene rings is 1. The lowest BCUT2D eigenvalue weighted by Gasteiger charge is -2.22. The fourth-order valence-corrected chi connectivity index (χ4v) is 2.54. The Hall–Kier alpha value is -1.89. The van der Waals surface area contributed by atoms with Gasteiger partial charge in [-0.25, -0.2) is 4.79 Å². The largest absolute Gasteiger partial charge is 0.480 e. The van der Waals surface area contributed by atoms with Crippen LogP contribution in [0.2, 0.25) is 0 Å². The van der Waals surface area contributed by atoms with Crippen molar-refractivity contribution in [1.82, 2.24) is 10.6 Å². The number of rotatable bonds is 8. The molecule has 1 aromatic carbocycles. The maximum absolute atomic E-state index is 12.4. The van der Waals surface area contributed by atoms with E-state index in [0.717, 1.165) is 10.0 Å². The van der Waals surface area contributed by atoms with Crippen LogP contribution in [0.25, 0.3) is 0 Å². The van der Waals surface area contributed by atoms with Gasteiger partial charge in [0.1, 0.15) is 12.1 Å². The molecule has 0 saturated heterocycles. The van der Waals surface area contributed by atoms with Gasteiger partial charge in [-0.05, 0) is 30.0 Å². The topological polar surface area (TPSA) is 95.5 Å². The number of carboxylic acids is 1. The zero-order chi connectivity index (χ0) is 18.3. The molecule has 0 aromatic heterocycles. The highest BCUT2D eigenvalue weighted by Crippen LogP contribution is 2.12. The first-order valence-corrected chi connectivity index (χ1v) is 8.53. The summed E-state index contributed by atoms with van der Waals surface area (Å²) >= 11 is 3.32. The van der Waals surface area contributed by atoms with Crippen molar-refractivity contribution in [2.45, 2.75) is 45.7 Å². The Morgan fingerprint density at radius 1 is 1.08 bits per heavy atom. The Labute approximate surface area is 150 Å². The molecule has 1 aromatic rings. The SMILES string of the molecule is CC(=O)N[C@@H](CC(C)C)C(=O)N[C@H](Cc1ccc(Br)cc1)C(=O)O. The van der Waals surface area contributed by atoms with Crippen LogP contribution >= 0.6 is 15.9 Å². The molecule has 2 atom stereocenters. The summed E-state index contributed by atoms with van der Waals surface area (Å²) in [7, 11) is 0. The molecule has 3 N–H and O–H groups in total. The van der Waals surface area contributed by atoms with Gasteiger partial charge in [-0.2, -0.15) is 0 Å². The maximum atomic E-state index is 12.4. The molecule has 0 radical (unpaired) electrons. The number of carbonyl (C=O) groups is 3. The van der Waals surface area contributed by atoms with Crippen molar-refractivity contribution in [3.63, 3.8) is 0 Å². The minimum Gasteiger partial charge on any atom is -0.480 e. The van der Waals surface area contributed by atoms with E-state index >= 15 is 0 Å². The maximum Gasteiger partial charge on any atom is 0.326 e. The van der Waals surface area contributed by atoms with Gasteiger partial charge in [-0.3, -0.25) is 9.59 Å². The van der Waals surface area contributed by atoms with E-state index < -0.39 is 24.0 Å². The van der Waals surface area contributed by atoms with Gasteiger partial charge in [0.2, 0.25) is 11.8 Å². The summed E-state index contributed by atoms with van der Waals surface area (Å²) in [5.74, 6) is -1.74. The highest BCUT2D eigenvalue weighted by Gasteiger charge is 2.26. The molecule has 0 bridgehead atoms. The van der Waals surface area contributed by atoms with Crippen LogP contribution < -0.4 is 10.6 Å². The Morgan fingerprint density at radius 2 is 1.67 bits per heavy atom. The van der Waals surface area contributed by atoms with Gasteiger partial charge in [-0.1, -0.05) is 41.9 Å². The summed E-state index contributed by atoms with van der Waals surface area (Å²) in [5, 5.41) is 14.5. The van der Waals surface area contributed by atoms with E-state index in [1.807, 2.05) is 26.0 Å². The Morgan fingerprint density at radius 3 is 2.12 bits per heavy atom. The monoisotopic (exact) mass is 398 g/mol. The summed E-state index contributed by atoms with van der Waals surface area (Å²) in [5.41, 5.74) is 0.797. The van der Waals surface area contributed by atoms with Crippen molar-refractivity contribution in [2.75, 3.05) is 0 Å². The third-order valence-corrected chi connectivity index (χ3v) is 3.90. The van der Waals surface area contributed by atoms with E-state index in [2.05, 4.69) is 26.6 Å². The van der Waals surface area contributed by atoms with Gasteiger partial charge in [0, 0.05) is 17.8 Å². The lowest BCUT2D eigenvalue weighted by molar-refractivity contribution is -0.142. The molecular weight excluding hydrogens is 376 g/mol. The molecule has 0 saturated carbocycles. The number of amides is 2. The molecule has 24 heavy (non-hydrogen) atoms. The van der Waals surface area contributed by atoms with Crippen molar-refractivity contribution in [2.24, 2.45) is 5.92 Å². The number of carbonyl (C=O) groups excluding carboxylic acids is 2. The highest BCUT2D eigenvalue weighted by atomic mass is 79.9. The van der Waals surface area contributed by atoms with E-state index in [9.17, 15) is 19.5 Å². The standard InChI is InChI=1S/C17H23BrN2O4/c1-10(2)8-14(19-11(3)21)16(22)20-15(17(23)24)9-12-4-6-13(18)7-5-12/h4-7,10,14-15H,8-9H2,1-3H3,(H,19,21)(H,20,22)(H,23,24)/t14-,15+/m0/s1. The third-order valence-electron chi connectivity index (χ3n) is 3.37. The molecule has 0 aliphatic carbocycles. The molecule has 0 spiro atoms. The van der Waals surface area contributed by atoms with Crippen LogP contribution in [-0.2, 0) is 20.8 Å².